The lowest BCUT2D eigenvalue weighted by Gasteiger charge is -2.06. The highest BCUT2D eigenvalue weighted by molar-refractivity contribution is 9.25. The predicted molar refractivity (Wildman–Crippen MR) is 38.6 cm³/mol. The molecule has 0 aromatic heterocycles. The second-order valence-corrected chi connectivity index (χ2v) is 5.68. The lowest BCUT2D eigenvalue weighted by Crippen LogP contribution is -2.08. The molecule has 7 heavy (non-hydrogen) atoms. The largest absolute Gasteiger partial charge is 0.295 e. The van der Waals surface area contributed by atoms with Crippen LogP contribution in [0.2, 0.25) is 0 Å². The van der Waals surface area contributed by atoms with Crippen molar-refractivity contribution >= 4 is 38.1 Å². The molecule has 1 aliphatic heterocycles. The molecule has 1 aliphatic rings. The maximum absolute atomic E-state index is 4.02. The summed E-state index contributed by atoms with van der Waals surface area (Å²) < 4.78 is 0.0972. The number of halogens is 2. The van der Waals surface area contributed by atoms with Gasteiger partial charge < -0.3 is 0 Å². The summed E-state index contributed by atoms with van der Waals surface area (Å²) in [6.45, 7) is 0.854. The van der Waals surface area contributed by atoms with Gasteiger partial charge in [-0.15, -0.1) is 0 Å². The average molecular weight is 227 g/mol. The van der Waals surface area contributed by atoms with Crippen molar-refractivity contribution in [2.75, 3.05) is 6.54 Å². The lowest BCUT2D eigenvalue weighted by atomic mass is 10.4. The summed E-state index contributed by atoms with van der Waals surface area (Å²) in [6.07, 6.45) is 2.91. The molecule has 0 amide bonds. The highest BCUT2D eigenvalue weighted by atomic mass is 79.9. The maximum Gasteiger partial charge on any atom is 0.105 e. The number of nitrogens with zero attached hydrogens (tertiary/aromatic N) is 1. The van der Waals surface area contributed by atoms with E-state index in [9.17, 15) is 0 Å². The number of rotatable bonds is 0. The molecule has 0 bridgehead atoms. The normalized spacial score (nSPS) is 26.0. The van der Waals surface area contributed by atoms with E-state index in [1.807, 2.05) is 6.21 Å². The molecule has 0 spiro atoms. The predicted octanol–water partition coefficient (Wildman–Crippen LogP) is 1.95. The van der Waals surface area contributed by atoms with Crippen LogP contribution in [-0.4, -0.2) is 16.0 Å². The van der Waals surface area contributed by atoms with Crippen LogP contribution in [0.4, 0.5) is 0 Å². The highest BCUT2D eigenvalue weighted by Gasteiger charge is 2.23. The van der Waals surface area contributed by atoms with Gasteiger partial charge in [0.2, 0.25) is 0 Å². The fourth-order valence-corrected chi connectivity index (χ4v) is 1.04. The van der Waals surface area contributed by atoms with Gasteiger partial charge in [0.05, 0.1) is 6.54 Å². The minimum absolute atomic E-state index is 0.0972. The van der Waals surface area contributed by atoms with E-state index in [1.165, 1.54) is 0 Å². The smallest absolute Gasteiger partial charge is 0.105 e. The molecular weight excluding hydrogens is 222 g/mol. The van der Waals surface area contributed by atoms with Gasteiger partial charge in [-0.05, 0) is 0 Å². The lowest BCUT2D eigenvalue weighted by molar-refractivity contribution is 0.944. The summed E-state index contributed by atoms with van der Waals surface area (Å²) >= 11 is 6.87. The number of aliphatic imine (C=N–C) groups is 1. The Morgan fingerprint density at radius 1 is 1.57 bits per heavy atom. The van der Waals surface area contributed by atoms with Crippen LogP contribution in [0, 0.1) is 0 Å². The molecule has 0 unspecified atom stereocenters. The van der Waals surface area contributed by atoms with Crippen LogP contribution < -0.4 is 0 Å². The van der Waals surface area contributed by atoms with Gasteiger partial charge >= 0.3 is 0 Å². The Hall–Kier alpha value is 0.630. The molecule has 0 aromatic rings. The fourth-order valence-electron chi connectivity index (χ4n) is 0.461. The van der Waals surface area contributed by atoms with E-state index in [0.29, 0.717) is 0 Å². The minimum atomic E-state index is 0.0972. The molecule has 40 valence electrons. The molecule has 0 saturated carbocycles. The first kappa shape index (κ1) is 5.76. The van der Waals surface area contributed by atoms with Crippen LogP contribution in [0.25, 0.3) is 0 Å². The molecule has 0 radical (unpaired) electrons. The molecule has 0 N–H and O–H groups in total. The topological polar surface area (TPSA) is 12.4 Å². The van der Waals surface area contributed by atoms with Crippen molar-refractivity contribution in [3.63, 3.8) is 0 Å². The number of alkyl halides is 2. The third kappa shape index (κ3) is 1.53. The molecule has 0 saturated heterocycles. The Bertz CT molecular complexity index is 87.9. The second kappa shape index (κ2) is 1.86. The van der Waals surface area contributed by atoms with E-state index < -0.39 is 0 Å². The van der Waals surface area contributed by atoms with Gasteiger partial charge in [-0.25, -0.2) is 0 Å². The Balaban J connectivity index is 2.49. The first-order chi connectivity index (χ1) is 3.21. The van der Waals surface area contributed by atoms with Crippen molar-refractivity contribution in [2.45, 2.75) is 9.65 Å². The Morgan fingerprint density at radius 2 is 2.29 bits per heavy atom. The van der Waals surface area contributed by atoms with Gasteiger partial charge in [-0.2, -0.15) is 0 Å². The molecule has 3 heteroatoms. The Kier molecular flexibility index (Phi) is 1.53. The minimum Gasteiger partial charge on any atom is -0.295 e. The van der Waals surface area contributed by atoms with Gasteiger partial charge in [0.15, 0.2) is 0 Å². The third-order valence-corrected chi connectivity index (χ3v) is 1.99. The van der Waals surface area contributed by atoms with E-state index in [1.54, 1.807) is 0 Å². The fraction of sp³-hybridized carbons (Fsp3) is 0.750. The number of hydrogen-bond donors (Lipinski definition) is 0. The molecule has 1 heterocycles. The van der Waals surface area contributed by atoms with Gasteiger partial charge in [-0.3, -0.25) is 4.99 Å². The monoisotopic (exact) mass is 225 g/mol. The summed E-state index contributed by atoms with van der Waals surface area (Å²) in [4.78, 5) is 4.02. The molecule has 1 rings (SSSR count). The van der Waals surface area contributed by atoms with Crippen LogP contribution in [0.1, 0.15) is 6.42 Å². The highest BCUT2D eigenvalue weighted by Crippen LogP contribution is 2.32. The summed E-state index contributed by atoms with van der Waals surface area (Å²) in [5, 5.41) is 0. The van der Waals surface area contributed by atoms with E-state index in [4.69, 9.17) is 0 Å². The van der Waals surface area contributed by atoms with Crippen LogP contribution >= 0.6 is 31.9 Å². The second-order valence-electron chi connectivity index (χ2n) is 1.58. The van der Waals surface area contributed by atoms with Crippen molar-refractivity contribution in [3.05, 3.63) is 0 Å². The van der Waals surface area contributed by atoms with Crippen molar-refractivity contribution in [1.82, 2.24) is 0 Å². The average Bonchev–Trinajstić information content (AvgIpc) is 1.84. The zero-order valence-electron chi connectivity index (χ0n) is 3.69. The van der Waals surface area contributed by atoms with E-state index in [-0.39, 0.29) is 3.23 Å². The van der Waals surface area contributed by atoms with Gasteiger partial charge in [0, 0.05) is 12.6 Å². The van der Waals surface area contributed by atoms with Gasteiger partial charge in [-0.1, -0.05) is 31.9 Å². The van der Waals surface area contributed by atoms with E-state index >= 15 is 0 Å². The molecule has 0 atom stereocenters. The third-order valence-electron chi connectivity index (χ3n) is 0.842. The Labute approximate surface area is 59.5 Å². The van der Waals surface area contributed by atoms with Crippen molar-refractivity contribution in [1.29, 1.82) is 0 Å². The van der Waals surface area contributed by atoms with E-state index in [0.717, 1.165) is 13.0 Å². The first-order valence-corrected chi connectivity index (χ1v) is 3.65. The van der Waals surface area contributed by atoms with Crippen molar-refractivity contribution in [2.24, 2.45) is 4.99 Å². The standard InChI is InChI=1S/C4H5Br2N/c5-4(6)1-2-7-3-4/h2H,1,3H2. The van der Waals surface area contributed by atoms with Crippen LogP contribution in [0.5, 0.6) is 0 Å². The van der Waals surface area contributed by atoms with E-state index in [2.05, 4.69) is 36.9 Å². The first-order valence-electron chi connectivity index (χ1n) is 2.07. The molecule has 0 aliphatic carbocycles. The summed E-state index contributed by atoms with van der Waals surface area (Å²) in [7, 11) is 0. The van der Waals surface area contributed by atoms with Crippen LogP contribution in [0.3, 0.4) is 0 Å². The number of hydrogen-bond acceptors (Lipinski definition) is 1. The van der Waals surface area contributed by atoms with Crippen LogP contribution in [0.15, 0.2) is 4.99 Å². The summed E-state index contributed by atoms with van der Waals surface area (Å²) in [5.41, 5.74) is 0. The van der Waals surface area contributed by atoms with Crippen LogP contribution in [-0.2, 0) is 0 Å². The quantitative estimate of drug-likeness (QED) is 0.560. The summed E-state index contributed by atoms with van der Waals surface area (Å²) in [5.74, 6) is 0. The zero-order valence-corrected chi connectivity index (χ0v) is 6.87. The maximum atomic E-state index is 4.02. The molecule has 0 aromatic carbocycles. The molecule has 1 nitrogen and oxygen atoms in total. The van der Waals surface area contributed by atoms with Gasteiger partial charge in [0.25, 0.3) is 0 Å². The van der Waals surface area contributed by atoms with Gasteiger partial charge in [0.1, 0.15) is 3.23 Å². The summed E-state index contributed by atoms with van der Waals surface area (Å²) in [6, 6.07) is 0. The molecule has 0 fully saturated rings. The SMILES string of the molecule is BrC1(Br)CC=NC1. The molecular formula is C4H5Br2N. The van der Waals surface area contributed by atoms with Crippen molar-refractivity contribution in [3.8, 4) is 0 Å². The van der Waals surface area contributed by atoms with Crippen molar-refractivity contribution < 1.29 is 0 Å². The Morgan fingerprint density at radius 3 is 2.43 bits per heavy atom. The zero-order chi connectivity index (χ0) is 5.33.